The highest BCUT2D eigenvalue weighted by atomic mass is 16.6. The van der Waals surface area contributed by atoms with Crippen LogP contribution in [0.3, 0.4) is 0 Å². The summed E-state index contributed by atoms with van der Waals surface area (Å²) in [6.45, 7) is 2.15. The molecule has 0 amide bonds. The van der Waals surface area contributed by atoms with Crippen molar-refractivity contribution >= 4 is 33.9 Å². The normalized spacial score (nSPS) is 13.8. The summed E-state index contributed by atoms with van der Waals surface area (Å²) in [6.07, 6.45) is 2.95. The maximum absolute atomic E-state index is 11.5. The number of nitro groups is 2. The summed E-state index contributed by atoms with van der Waals surface area (Å²) in [7, 11) is 0. The van der Waals surface area contributed by atoms with Crippen molar-refractivity contribution in [3.8, 4) is 0 Å². The van der Waals surface area contributed by atoms with Crippen molar-refractivity contribution in [3.05, 3.63) is 110 Å². The Hall–Kier alpha value is -4.33. The minimum absolute atomic E-state index is 0.0880. The van der Waals surface area contributed by atoms with Gasteiger partial charge in [0.25, 0.3) is 5.69 Å². The van der Waals surface area contributed by atoms with Crippen LogP contribution >= 0.6 is 0 Å². The van der Waals surface area contributed by atoms with Gasteiger partial charge in [-0.25, -0.2) is 0 Å². The minimum Gasteiger partial charge on any atom is -0.271 e. The average molecular weight is 442 g/mol. The molecule has 4 rings (SSSR count). The zero-order chi connectivity index (χ0) is 23.4. The maximum atomic E-state index is 11.5. The Bertz CT molecular complexity index is 1280. The van der Waals surface area contributed by atoms with Crippen LogP contribution in [0.25, 0.3) is 11.1 Å². The molecule has 0 saturated heterocycles. The summed E-state index contributed by atoms with van der Waals surface area (Å²) >= 11 is 0. The molecule has 0 bridgehead atoms. The van der Waals surface area contributed by atoms with E-state index in [2.05, 4.69) is 23.5 Å². The largest absolute Gasteiger partial charge is 0.301 e. The van der Waals surface area contributed by atoms with Gasteiger partial charge in [0.1, 0.15) is 5.69 Å². The van der Waals surface area contributed by atoms with E-state index in [1.807, 2.05) is 48.5 Å². The Kier molecular flexibility index (Phi) is 6.26. The first-order valence-corrected chi connectivity index (χ1v) is 10.7. The number of benzene rings is 3. The fourth-order valence-electron chi connectivity index (χ4n) is 4.01. The molecule has 0 aromatic heterocycles. The summed E-state index contributed by atoms with van der Waals surface area (Å²) in [6, 6.07) is 21.4. The zero-order valence-corrected chi connectivity index (χ0v) is 18.0. The lowest BCUT2D eigenvalue weighted by atomic mass is 9.96. The van der Waals surface area contributed by atoms with Crippen LogP contribution in [0.4, 0.5) is 17.1 Å². The Morgan fingerprint density at radius 3 is 2.24 bits per heavy atom. The SMILES string of the molecule is CCCCC1=C(c2ccccc2)/C(=N/Nc2ccc([N+](=O)[O-])cc2[N+](=O)[O-])c2ccccc21. The van der Waals surface area contributed by atoms with Crippen molar-refractivity contribution in [2.45, 2.75) is 26.2 Å². The molecule has 3 aromatic carbocycles. The van der Waals surface area contributed by atoms with Gasteiger partial charge in [-0.2, -0.15) is 5.10 Å². The van der Waals surface area contributed by atoms with Crippen LogP contribution in [0.2, 0.25) is 0 Å². The average Bonchev–Trinajstić information content (AvgIpc) is 3.15. The van der Waals surface area contributed by atoms with Crippen molar-refractivity contribution in [2.24, 2.45) is 5.10 Å². The van der Waals surface area contributed by atoms with Crippen LogP contribution in [-0.4, -0.2) is 15.6 Å². The third kappa shape index (κ3) is 4.36. The molecule has 1 aliphatic carbocycles. The van der Waals surface area contributed by atoms with Gasteiger partial charge in [0.15, 0.2) is 0 Å². The maximum Gasteiger partial charge on any atom is 0.301 e. The van der Waals surface area contributed by atoms with Gasteiger partial charge in [0, 0.05) is 17.2 Å². The first-order valence-electron chi connectivity index (χ1n) is 10.7. The highest BCUT2D eigenvalue weighted by molar-refractivity contribution is 6.42. The molecule has 0 aliphatic heterocycles. The van der Waals surface area contributed by atoms with E-state index < -0.39 is 15.5 Å². The van der Waals surface area contributed by atoms with E-state index in [0.29, 0.717) is 5.71 Å². The summed E-state index contributed by atoms with van der Waals surface area (Å²) in [5.74, 6) is 0. The Balaban J connectivity index is 1.84. The fourth-order valence-corrected chi connectivity index (χ4v) is 4.01. The zero-order valence-electron chi connectivity index (χ0n) is 18.0. The van der Waals surface area contributed by atoms with Crippen LogP contribution in [0, 0.1) is 20.2 Å². The third-order valence-corrected chi connectivity index (χ3v) is 5.57. The number of non-ortho nitro benzene ring substituents is 1. The molecule has 8 heteroatoms. The highest BCUT2D eigenvalue weighted by Crippen LogP contribution is 2.41. The van der Waals surface area contributed by atoms with E-state index >= 15 is 0 Å². The van der Waals surface area contributed by atoms with E-state index in [0.717, 1.165) is 47.6 Å². The standard InChI is InChI=1S/C25H22N4O4/c1-2-3-11-20-19-12-7-8-13-21(19)25(24(20)17-9-5-4-6-10-17)27-26-22-15-14-18(28(30)31)16-23(22)29(32)33/h4-10,12-16,26H,2-3,11H2,1H3/b27-25+. The number of nitrogens with one attached hydrogen (secondary N) is 1. The number of anilines is 1. The molecule has 1 aliphatic rings. The van der Waals surface area contributed by atoms with E-state index in [1.54, 1.807) is 0 Å². The molecule has 33 heavy (non-hydrogen) atoms. The van der Waals surface area contributed by atoms with Crippen LogP contribution in [0.15, 0.2) is 77.9 Å². The summed E-state index contributed by atoms with van der Waals surface area (Å²) < 4.78 is 0. The molecular weight excluding hydrogens is 420 g/mol. The molecular formula is C25H22N4O4. The number of nitrogens with zero attached hydrogens (tertiary/aromatic N) is 3. The molecule has 8 nitrogen and oxygen atoms in total. The number of fused-ring (bicyclic) bond motifs is 1. The monoisotopic (exact) mass is 442 g/mol. The molecule has 0 saturated carbocycles. The van der Waals surface area contributed by atoms with Crippen LogP contribution in [-0.2, 0) is 0 Å². The van der Waals surface area contributed by atoms with Crippen molar-refractivity contribution < 1.29 is 9.85 Å². The Labute approximate surface area is 190 Å². The van der Waals surface area contributed by atoms with E-state index in [-0.39, 0.29) is 11.4 Å². The van der Waals surface area contributed by atoms with Gasteiger partial charge in [0.2, 0.25) is 0 Å². The molecule has 0 heterocycles. The highest BCUT2D eigenvalue weighted by Gasteiger charge is 2.29. The number of hydrazone groups is 1. The third-order valence-electron chi connectivity index (χ3n) is 5.57. The van der Waals surface area contributed by atoms with Gasteiger partial charge in [0.05, 0.1) is 21.6 Å². The van der Waals surface area contributed by atoms with Crippen molar-refractivity contribution in [2.75, 3.05) is 5.43 Å². The second-order valence-corrected chi connectivity index (χ2v) is 7.66. The Morgan fingerprint density at radius 1 is 0.879 bits per heavy atom. The number of allylic oxidation sites excluding steroid dienone is 2. The summed E-state index contributed by atoms with van der Waals surface area (Å²) in [5, 5.41) is 27.2. The molecule has 166 valence electrons. The van der Waals surface area contributed by atoms with E-state index in [9.17, 15) is 20.2 Å². The van der Waals surface area contributed by atoms with Crippen LogP contribution < -0.4 is 5.43 Å². The van der Waals surface area contributed by atoms with Gasteiger partial charge in [-0.3, -0.25) is 25.7 Å². The first-order chi connectivity index (χ1) is 16.0. The van der Waals surface area contributed by atoms with Crippen molar-refractivity contribution in [1.82, 2.24) is 0 Å². The van der Waals surface area contributed by atoms with E-state index in [1.165, 1.54) is 17.7 Å². The molecule has 0 atom stereocenters. The van der Waals surface area contributed by atoms with Crippen LogP contribution in [0.1, 0.15) is 42.9 Å². The predicted octanol–water partition coefficient (Wildman–Crippen LogP) is 6.43. The Morgan fingerprint density at radius 2 is 1.58 bits per heavy atom. The fraction of sp³-hybridized carbons (Fsp3) is 0.160. The van der Waals surface area contributed by atoms with Gasteiger partial charge in [-0.05, 0) is 35.6 Å². The minimum atomic E-state index is -0.661. The first kappa shape index (κ1) is 21.9. The molecule has 0 radical (unpaired) electrons. The lowest BCUT2D eigenvalue weighted by Crippen LogP contribution is -2.06. The number of hydrogen-bond donors (Lipinski definition) is 1. The van der Waals surface area contributed by atoms with Gasteiger partial charge >= 0.3 is 5.69 Å². The molecule has 1 N–H and O–H groups in total. The summed E-state index contributed by atoms with van der Waals surface area (Å²) in [4.78, 5) is 21.3. The quantitative estimate of drug-likeness (QED) is 0.319. The topological polar surface area (TPSA) is 111 Å². The number of unbranched alkanes of at least 4 members (excludes halogenated alkanes) is 1. The molecule has 0 fully saturated rings. The number of hydrogen-bond acceptors (Lipinski definition) is 6. The van der Waals surface area contributed by atoms with Crippen molar-refractivity contribution in [3.63, 3.8) is 0 Å². The predicted molar refractivity (Wildman–Crippen MR) is 129 cm³/mol. The lowest BCUT2D eigenvalue weighted by Gasteiger charge is -2.10. The number of rotatable bonds is 8. The molecule has 0 spiro atoms. The molecule has 3 aromatic rings. The number of nitro benzene ring substituents is 2. The van der Waals surface area contributed by atoms with Crippen LogP contribution in [0.5, 0.6) is 0 Å². The second kappa shape index (κ2) is 9.44. The van der Waals surface area contributed by atoms with Gasteiger partial charge in [-0.15, -0.1) is 0 Å². The molecule has 0 unspecified atom stereocenters. The van der Waals surface area contributed by atoms with Gasteiger partial charge in [-0.1, -0.05) is 67.9 Å². The lowest BCUT2D eigenvalue weighted by molar-refractivity contribution is -0.393. The van der Waals surface area contributed by atoms with Crippen molar-refractivity contribution in [1.29, 1.82) is 0 Å². The van der Waals surface area contributed by atoms with E-state index in [4.69, 9.17) is 0 Å². The second-order valence-electron chi connectivity index (χ2n) is 7.66. The smallest absolute Gasteiger partial charge is 0.271 e. The summed E-state index contributed by atoms with van der Waals surface area (Å²) in [5.41, 5.74) is 8.07. The van der Waals surface area contributed by atoms with Gasteiger partial charge < -0.3 is 0 Å².